The number of esters is 2. The molecule has 2 heterocycles. The molecular formula is C21H23BrN4O4. The van der Waals surface area contributed by atoms with E-state index in [1.807, 2.05) is 24.3 Å². The zero-order valence-electron chi connectivity index (χ0n) is 16.9. The normalized spacial score (nSPS) is 19.1. The average Bonchev–Trinajstić information content (AvgIpc) is 3.17. The van der Waals surface area contributed by atoms with Crippen LogP contribution in [0.2, 0.25) is 0 Å². The first kappa shape index (κ1) is 20.6. The van der Waals surface area contributed by atoms with Crippen LogP contribution in [-0.2, 0) is 14.3 Å². The van der Waals surface area contributed by atoms with E-state index in [4.69, 9.17) is 9.47 Å². The third kappa shape index (κ3) is 3.98. The van der Waals surface area contributed by atoms with Crippen molar-refractivity contribution in [1.29, 1.82) is 0 Å². The summed E-state index contributed by atoms with van der Waals surface area (Å²) in [6, 6.07) is 7.04. The number of hydrogen-bond acceptors (Lipinski definition) is 7. The maximum absolute atomic E-state index is 13.3. The summed E-state index contributed by atoms with van der Waals surface area (Å²) in [5.41, 5.74) is 1.91. The Bertz CT molecular complexity index is 993. The molecule has 158 valence electrons. The van der Waals surface area contributed by atoms with Crippen molar-refractivity contribution in [3.05, 3.63) is 51.4 Å². The maximum Gasteiger partial charge on any atom is 0.378 e. The molecule has 8 nitrogen and oxygen atoms in total. The molecule has 2 aliphatic rings. The van der Waals surface area contributed by atoms with E-state index in [0.29, 0.717) is 17.2 Å². The molecule has 1 saturated carbocycles. The number of anilines is 1. The topological polar surface area (TPSA) is 95.3 Å². The van der Waals surface area contributed by atoms with Gasteiger partial charge in [-0.25, -0.2) is 14.3 Å². The fraction of sp³-hybridized carbons (Fsp3) is 0.429. The fourth-order valence-corrected chi connectivity index (χ4v) is 4.21. The Morgan fingerprint density at radius 3 is 2.50 bits per heavy atom. The number of halogens is 1. The van der Waals surface area contributed by atoms with Crippen LogP contribution in [0.25, 0.3) is 0 Å². The van der Waals surface area contributed by atoms with E-state index < -0.39 is 12.0 Å². The van der Waals surface area contributed by atoms with Crippen molar-refractivity contribution >= 4 is 33.8 Å². The van der Waals surface area contributed by atoms with E-state index in [1.165, 1.54) is 13.5 Å². The van der Waals surface area contributed by atoms with Crippen molar-refractivity contribution in [2.75, 3.05) is 12.4 Å². The summed E-state index contributed by atoms with van der Waals surface area (Å²) in [6.07, 6.45) is 5.02. The highest BCUT2D eigenvalue weighted by atomic mass is 79.9. The van der Waals surface area contributed by atoms with Crippen LogP contribution in [0.4, 0.5) is 5.95 Å². The second kappa shape index (κ2) is 8.59. The summed E-state index contributed by atoms with van der Waals surface area (Å²) >= 11 is 3.44. The van der Waals surface area contributed by atoms with Crippen molar-refractivity contribution in [1.82, 2.24) is 14.8 Å². The van der Waals surface area contributed by atoms with Crippen LogP contribution in [0.3, 0.4) is 0 Å². The third-order valence-electron chi connectivity index (χ3n) is 5.45. The van der Waals surface area contributed by atoms with Gasteiger partial charge in [-0.05, 0) is 50.3 Å². The van der Waals surface area contributed by atoms with E-state index in [0.717, 1.165) is 35.7 Å². The molecule has 4 rings (SSSR count). The highest BCUT2D eigenvalue weighted by molar-refractivity contribution is 9.10. The van der Waals surface area contributed by atoms with Crippen molar-refractivity contribution in [3.8, 4) is 0 Å². The van der Waals surface area contributed by atoms with Crippen LogP contribution in [0, 0.1) is 0 Å². The van der Waals surface area contributed by atoms with Gasteiger partial charge in [0.2, 0.25) is 5.95 Å². The third-order valence-corrected chi connectivity index (χ3v) is 5.98. The van der Waals surface area contributed by atoms with Crippen molar-refractivity contribution < 1.29 is 19.1 Å². The first-order valence-electron chi connectivity index (χ1n) is 9.97. The molecule has 1 aliphatic carbocycles. The van der Waals surface area contributed by atoms with Crippen molar-refractivity contribution in [2.45, 2.75) is 51.2 Å². The lowest BCUT2D eigenvalue weighted by atomic mass is 9.95. The molecule has 1 aromatic carbocycles. The summed E-state index contributed by atoms with van der Waals surface area (Å²) in [5, 5.41) is 7.42. The van der Waals surface area contributed by atoms with Gasteiger partial charge in [-0.3, -0.25) is 0 Å². The molecule has 1 fully saturated rings. The summed E-state index contributed by atoms with van der Waals surface area (Å²) in [6.45, 7) is 1.80. The molecule has 0 radical (unpaired) electrons. The highest BCUT2D eigenvalue weighted by Gasteiger charge is 2.37. The molecule has 2 aromatic rings. The van der Waals surface area contributed by atoms with Gasteiger partial charge in [0.05, 0.1) is 12.7 Å². The molecule has 0 unspecified atom stereocenters. The van der Waals surface area contributed by atoms with Crippen LogP contribution in [0.5, 0.6) is 0 Å². The van der Waals surface area contributed by atoms with Crippen molar-refractivity contribution in [2.24, 2.45) is 0 Å². The highest BCUT2D eigenvalue weighted by Crippen LogP contribution is 2.37. The number of benzene rings is 1. The number of hydrogen-bond donors (Lipinski definition) is 1. The molecule has 0 spiro atoms. The number of fused-ring (bicyclic) bond motifs is 1. The Kier molecular flexibility index (Phi) is 5.90. The van der Waals surface area contributed by atoms with Gasteiger partial charge in [-0.2, -0.15) is 4.98 Å². The zero-order chi connectivity index (χ0) is 21.3. The Morgan fingerprint density at radius 2 is 1.83 bits per heavy atom. The number of methoxy groups -OCH3 is 1. The molecule has 0 saturated heterocycles. The molecule has 9 heteroatoms. The zero-order valence-corrected chi connectivity index (χ0v) is 18.4. The first-order valence-corrected chi connectivity index (χ1v) is 10.8. The number of nitrogens with zero attached hydrogens (tertiary/aromatic N) is 3. The molecule has 1 aliphatic heterocycles. The lowest BCUT2D eigenvalue weighted by Gasteiger charge is -2.30. The minimum Gasteiger partial charge on any atom is -0.463 e. The smallest absolute Gasteiger partial charge is 0.378 e. The summed E-state index contributed by atoms with van der Waals surface area (Å²) in [4.78, 5) is 29.5. The Labute approximate surface area is 182 Å². The van der Waals surface area contributed by atoms with Gasteiger partial charge in [0.15, 0.2) is 0 Å². The number of rotatable bonds is 4. The van der Waals surface area contributed by atoms with Crippen LogP contribution in [-0.4, -0.2) is 39.9 Å². The second-order valence-electron chi connectivity index (χ2n) is 7.48. The van der Waals surface area contributed by atoms with E-state index in [1.54, 1.807) is 11.6 Å². The van der Waals surface area contributed by atoms with Crippen LogP contribution in [0.15, 0.2) is 40.0 Å². The minimum absolute atomic E-state index is 0.0695. The predicted octanol–water partition coefficient (Wildman–Crippen LogP) is 3.99. The predicted molar refractivity (Wildman–Crippen MR) is 113 cm³/mol. The summed E-state index contributed by atoms with van der Waals surface area (Å²) in [5.74, 6) is -0.718. The SMILES string of the molecule is COC(=O)c1nc2n(n1)[C@@H](c1ccc(Br)cc1)C(C(=O)OC1CCCCC1)=C(C)N2. The molecular weight excluding hydrogens is 452 g/mol. The minimum atomic E-state index is -0.641. The van der Waals surface area contributed by atoms with Gasteiger partial charge in [0.1, 0.15) is 12.1 Å². The molecule has 0 bridgehead atoms. The quantitative estimate of drug-likeness (QED) is 0.669. The van der Waals surface area contributed by atoms with Crippen molar-refractivity contribution in [3.63, 3.8) is 0 Å². The summed E-state index contributed by atoms with van der Waals surface area (Å²) in [7, 11) is 1.28. The number of allylic oxidation sites excluding steroid dienone is 1. The Hall–Kier alpha value is -2.68. The monoisotopic (exact) mass is 474 g/mol. The average molecular weight is 475 g/mol. The molecule has 0 amide bonds. The van der Waals surface area contributed by atoms with Gasteiger partial charge in [0, 0.05) is 10.2 Å². The van der Waals surface area contributed by atoms with E-state index in [-0.39, 0.29) is 17.9 Å². The molecule has 1 aromatic heterocycles. The van der Waals surface area contributed by atoms with Gasteiger partial charge in [-0.1, -0.05) is 34.5 Å². The summed E-state index contributed by atoms with van der Waals surface area (Å²) < 4.78 is 13.1. The van der Waals surface area contributed by atoms with E-state index >= 15 is 0 Å². The number of carbonyl (C=O) groups excluding carboxylic acids is 2. The van der Waals surface area contributed by atoms with Gasteiger partial charge < -0.3 is 14.8 Å². The van der Waals surface area contributed by atoms with Gasteiger partial charge in [0.25, 0.3) is 5.82 Å². The Morgan fingerprint density at radius 1 is 1.13 bits per heavy atom. The largest absolute Gasteiger partial charge is 0.463 e. The standard InChI is InChI=1S/C21H23BrN4O4/c1-12-16(19(27)30-15-6-4-3-5-7-15)17(13-8-10-14(22)11-9-13)26-21(23-12)24-18(25-26)20(28)29-2/h8-11,15,17H,3-7H2,1-2H3,(H,23,24,25)/t17-/m0/s1. The van der Waals surface area contributed by atoms with E-state index in [9.17, 15) is 9.59 Å². The van der Waals surface area contributed by atoms with Gasteiger partial charge in [-0.15, -0.1) is 5.10 Å². The number of ether oxygens (including phenoxy) is 2. The molecule has 1 atom stereocenters. The van der Waals surface area contributed by atoms with E-state index in [2.05, 4.69) is 31.3 Å². The lowest BCUT2D eigenvalue weighted by Crippen LogP contribution is -2.32. The van der Waals surface area contributed by atoms with Crippen LogP contribution in [0.1, 0.15) is 61.3 Å². The molecule has 30 heavy (non-hydrogen) atoms. The maximum atomic E-state index is 13.3. The number of carbonyl (C=O) groups is 2. The van der Waals surface area contributed by atoms with Crippen LogP contribution >= 0.6 is 15.9 Å². The lowest BCUT2D eigenvalue weighted by molar-refractivity contribution is -0.146. The number of aromatic nitrogens is 3. The molecule has 1 N–H and O–H groups in total. The second-order valence-corrected chi connectivity index (χ2v) is 8.39. The first-order chi connectivity index (χ1) is 14.5. The van der Waals surface area contributed by atoms with Crippen LogP contribution < -0.4 is 5.32 Å². The van der Waals surface area contributed by atoms with Gasteiger partial charge >= 0.3 is 11.9 Å². The number of nitrogens with one attached hydrogen (secondary N) is 1. The fourth-order valence-electron chi connectivity index (χ4n) is 3.94. The Balaban J connectivity index is 1.74.